The molecule has 0 atom stereocenters. The van der Waals surface area contributed by atoms with Gasteiger partial charge in [0.05, 0.1) is 19.1 Å². The summed E-state index contributed by atoms with van der Waals surface area (Å²) in [7, 11) is -0.832. The van der Waals surface area contributed by atoms with E-state index in [2.05, 4.69) is 0 Å². The predicted octanol–water partition coefficient (Wildman–Crippen LogP) is 1.99. The number of benzene rings is 2. The first-order chi connectivity index (χ1) is 13.4. The zero-order chi connectivity index (χ0) is 20.3. The summed E-state index contributed by atoms with van der Waals surface area (Å²) in [6.07, 6.45) is 0. The van der Waals surface area contributed by atoms with Gasteiger partial charge in [-0.1, -0.05) is 6.07 Å². The summed E-state index contributed by atoms with van der Waals surface area (Å²) in [5.41, 5.74) is 0.246. The van der Waals surface area contributed by atoms with Crippen LogP contribution in [0.4, 0.5) is 4.39 Å². The van der Waals surface area contributed by atoms with Gasteiger partial charge in [-0.15, -0.1) is 0 Å². The van der Waals surface area contributed by atoms with Crippen molar-refractivity contribution in [2.75, 3.05) is 40.4 Å². The fraction of sp³-hybridized carbons (Fsp3) is 0.316. The summed E-state index contributed by atoms with van der Waals surface area (Å²) in [5, 5.41) is 0. The third-order valence-electron chi connectivity index (χ3n) is 4.59. The van der Waals surface area contributed by atoms with Crippen LogP contribution in [0.5, 0.6) is 11.5 Å². The Morgan fingerprint density at radius 1 is 0.964 bits per heavy atom. The molecule has 0 aliphatic carbocycles. The summed E-state index contributed by atoms with van der Waals surface area (Å²) in [6.45, 7) is 0.749. The second-order valence-electron chi connectivity index (χ2n) is 6.22. The van der Waals surface area contributed by atoms with Crippen molar-refractivity contribution in [3.63, 3.8) is 0 Å². The number of hydrogen-bond acceptors (Lipinski definition) is 5. The van der Waals surface area contributed by atoms with Gasteiger partial charge < -0.3 is 14.4 Å². The first-order valence-corrected chi connectivity index (χ1v) is 10.1. The number of carbonyl (C=O) groups is 1. The zero-order valence-corrected chi connectivity index (χ0v) is 16.4. The van der Waals surface area contributed by atoms with Crippen molar-refractivity contribution in [2.24, 2.45) is 0 Å². The van der Waals surface area contributed by atoms with Crippen molar-refractivity contribution in [1.82, 2.24) is 9.21 Å². The number of hydrogen-bond donors (Lipinski definition) is 0. The molecule has 0 bridgehead atoms. The van der Waals surface area contributed by atoms with Crippen LogP contribution in [-0.4, -0.2) is 63.9 Å². The van der Waals surface area contributed by atoms with Crippen molar-refractivity contribution in [3.05, 3.63) is 53.8 Å². The summed E-state index contributed by atoms with van der Waals surface area (Å²) in [6, 6.07) is 9.87. The number of amides is 1. The lowest BCUT2D eigenvalue weighted by Crippen LogP contribution is -2.50. The molecule has 0 unspecified atom stereocenters. The normalized spacial score (nSPS) is 15.3. The van der Waals surface area contributed by atoms with E-state index in [1.165, 1.54) is 65.9 Å². The van der Waals surface area contributed by atoms with Crippen molar-refractivity contribution >= 4 is 15.9 Å². The molecule has 3 rings (SSSR count). The smallest absolute Gasteiger partial charge is 0.254 e. The van der Waals surface area contributed by atoms with Crippen LogP contribution in [0.3, 0.4) is 0 Å². The number of sulfonamides is 1. The lowest BCUT2D eigenvalue weighted by atomic mass is 10.2. The molecule has 0 spiro atoms. The Morgan fingerprint density at radius 3 is 2.25 bits per heavy atom. The molecule has 1 fully saturated rings. The molecule has 1 heterocycles. The molecule has 0 aromatic heterocycles. The highest BCUT2D eigenvalue weighted by Crippen LogP contribution is 2.31. The highest BCUT2D eigenvalue weighted by molar-refractivity contribution is 7.89. The van der Waals surface area contributed by atoms with Gasteiger partial charge >= 0.3 is 0 Å². The Hall–Kier alpha value is -2.65. The maximum Gasteiger partial charge on any atom is 0.254 e. The van der Waals surface area contributed by atoms with E-state index >= 15 is 0 Å². The fourth-order valence-corrected chi connectivity index (χ4v) is 4.50. The van der Waals surface area contributed by atoms with Gasteiger partial charge in [-0.3, -0.25) is 4.79 Å². The molecule has 1 amide bonds. The van der Waals surface area contributed by atoms with Crippen molar-refractivity contribution in [2.45, 2.75) is 4.90 Å². The average molecular weight is 408 g/mol. The molecule has 1 aliphatic heterocycles. The van der Waals surface area contributed by atoms with Crippen molar-refractivity contribution in [1.29, 1.82) is 0 Å². The summed E-state index contributed by atoms with van der Waals surface area (Å²) in [4.78, 5) is 14.1. The van der Waals surface area contributed by atoms with Gasteiger partial charge in [0, 0.05) is 37.8 Å². The van der Waals surface area contributed by atoms with Crippen LogP contribution in [0.15, 0.2) is 47.4 Å². The summed E-state index contributed by atoms with van der Waals surface area (Å²) < 4.78 is 50.8. The highest BCUT2D eigenvalue weighted by Gasteiger charge is 2.31. The number of rotatable bonds is 5. The summed E-state index contributed by atoms with van der Waals surface area (Å²) in [5.74, 6) is -0.0429. The van der Waals surface area contributed by atoms with E-state index in [0.717, 1.165) is 0 Å². The minimum absolute atomic E-state index is 0.0926. The topological polar surface area (TPSA) is 76.2 Å². The Balaban J connectivity index is 1.72. The number of carbonyl (C=O) groups excluding carboxylic acids is 1. The van der Waals surface area contributed by atoms with E-state index in [0.29, 0.717) is 11.5 Å². The fourth-order valence-electron chi connectivity index (χ4n) is 3.06. The standard InChI is InChI=1S/C19H21FN2O5S/c1-26-17-7-6-16(13-18(17)27-2)28(24,25)22-10-8-21(9-11-22)19(23)14-4-3-5-15(20)12-14/h3-7,12-13H,8-11H2,1-2H3. The van der Waals surface area contributed by atoms with Gasteiger partial charge in [0.15, 0.2) is 11.5 Å². The zero-order valence-electron chi connectivity index (χ0n) is 15.6. The van der Waals surface area contributed by atoms with E-state index in [1.54, 1.807) is 0 Å². The highest BCUT2D eigenvalue weighted by atomic mass is 32.2. The molecule has 0 radical (unpaired) electrons. The van der Waals surface area contributed by atoms with E-state index < -0.39 is 15.8 Å². The third-order valence-corrected chi connectivity index (χ3v) is 6.48. The van der Waals surface area contributed by atoms with E-state index in [-0.39, 0.29) is 42.5 Å². The number of ether oxygens (including phenoxy) is 2. The molecule has 0 saturated carbocycles. The number of methoxy groups -OCH3 is 2. The van der Waals surface area contributed by atoms with Crippen LogP contribution >= 0.6 is 0 Å². The number of halogens is 1. The molecule has 0 N–H and O–H groups in total. The van der Waals surface area contributed by atoms with Gasteiger partial charge in [0.2, 0.25) is 10.0 Å². The molecule has 7 nitrogen and oxygen atoms in total. The maximum absolute atomic E-state index is 13.3. The molecule has 2 aromatic rings. The maximum atomic E-state index is 13.3. The minimum Gasteiger partial charge on any atom is -0.493 e. The third kappa shape index (κ3) is 3.95. The average Bonchev–Trinajstić information content (AvgIpc) is 2.72. The van der Waals surface area contributed by atoms with Gasteiger partial charge in [-0.05, 0) is 30.3 Å². The van der Waals surface area contributed by atoms with Gasteiger partial charge in [0.25, 0.3) is 5.91 Å². The van der Waals surface area contributed by atoms with E-state index in [4.69, 9.17) is 9.47 Å². The summed E-state index contributed by atoms with van der Waals surface area (Å²) >= 11 is 0. The largest absolute Gasteiger partial charge is 0.493 e. The lowest BCUT2D eigenvalue weighted by molar-refractivity contribution is 0.0697. The van der Waals surface area contributed by atoms with Crippen molar-refractivity contribution in [3.8, 4) is 11.5 Å². The van der Waals surface area contributed by atoms with Crippen LogP contribution in [0.25, 0.3) is 0 Å². The minimum atomic E-state index is -3.74. The van der Waals surface area contributed by atoms with Crippen LogP contribution < -0.4 is 9.47 Å². The van der Waals surface area contributed by atoms with Crippen molar-refractivity contribution < 1.29 is 27.1 Å². The van der Waals surface area contributed by atoms with Crippen LogP contribution in [0.2, 0.25) is 0 Å². The molecule has 1 saturated heterocycles. The first-order valence-electron chi connectivity index (χ1n) is 8.64. The first kappa shape index (κ1) is 20.1. The van der Waals surface area contributed by atoms with Crippen LogP contribution in [-0.2, 0) is 10.0 Å². The predicted molar refractivity (Wildman–Crippen MR) is 101 cm³/mol. The number of nitrogens with zero attached hydrogens (tertiary/aromatic N) is 2. The molecular formula is C19H21FN2O5S. The van der Waals surface area contributed by atoms with E-state index in [1.807, 2.05) is 0 Å². The van der Waals surface area contributed by atoms with E-state index in [9.17, 15) is 17.6 Å². The van der Waals surface area contributed by atoms with Gasteiger partial charge in [-0.25, -0.2) is 12.8 Å². The molecule has 28 heavy (non-hydrogen) atoms. The quantitative estimate of drug-likeness (QED) is 0.756. The Kier molecular flexibility index (Phi) is 5.85. The molecular weight excluding hydrogens is 387 g/mol. The molecule has 2 aromatic carbocycles. The SMILES string of the molecule is COc1ccc(S(=O)(=O)N2CCN(C(=O)c3cccc(F)c3)CC2)cc1OC. The van der Waals surface area contributed by atoms with Crippen LogP contribution in [0, 0.1) is 5.82 Å². The second kappa shape index (κ2) is 8.15. The Morgan fingerprint density at radius 2 is 1.64 bits per heavy atom. The molecule has 150 valence electrons. The second-order valence-corrected chi connectivity index (χ2v) is 8.16. The van der Waals surface area contributed by atoms with Gasteiger partial charge in [-0.2, -0.15) is 4.31 Å². The van der Waals surface area contributed by atoms with Gasteiger partial charge in [0.1, 0.15) is 5.82 Å². The molecule has 1 aliphatic rings. The lowest BCUT2D eigenvalue weighted by Gasteiger charge is -2.34. The Bertz CT molecular complexity index is 972. The Labute approximate surface area is 163 Å². The monoisotopic (exact) mass is 408 g/mol. The number of piperazine rings is 1. The van der Waals surface area contributed by atoms with Crippen LogP contribution in [0.1, 0.15) is 10.4 Å². The molecule has 9 heteroatoms.